The Morgan fingerprint density at radius 1 is 1.48 bits per heavy atom. The SMILES string of the molecule is CCS(=O)(=O)NC1CCN(C(=O)Cn2ccc(N)n2)CC1. The van der Waals surface area contributed by atoms with Crippen LogP contribution in [0.4, 0.5) is 5.82 Å². The summed E-state index contributed by atoms with van der Waals surface area (Å²) in [5, 5.41) is 3.98. The molecule has 1 aliphatic rings. The third-order valence-electron chi connectivity index (χ3n) is 3.53. The zero-order valence-corrected chi connectivity index (χ0v) is 12.8. The predicted molar refractivity (Wildman–Crippen MR) is 78.8 cm³/mol. The second-order valence-electron chi connectivity index (χ2n) is 5.11. The Balaban J connectivity index is 1.82. The topological polar surface area (TPSA) is 110 Å². The average molecular weight is 315 g/mol. The molecule has 3 N–H and O–H groups in total. The Hall–Kier alpha value is -1.61. The number of likely N-dealkylation sites (tertiary alicyclic amines) is 1. The lowest BCUT2D eigenvalue weighted by atomic mass is 10.1. The molecule has 0 saturated carbocycles. The lowest BCUT2D eigenvalue weighted by molar-refractivity contribution is -0.133. The summed E-state index contributed by atoms with van der Waals surface area (Å²) in [5.41, 5.74) is 5.50. The molecule has 1 fully saturated rings. The van der Waals surface area contributed by atoms with E-state index in [1.807, 2.05) is 0 Å². The number of hydrogen-bond donors (Lipinski definition) is 2. The Kier molecular flexibility index (Phi) is 4.84. The number of carbonyl (C=O) groups excluding carboxylic acids is 1. The zero-order valence-electron chi connectivity index (χ0n) is 12.0. The third kappa shape index (κ3) is 4.43. The van der Waals surface area contributed by atoms with Gasteiger partial charge >= 0.3 is 0 Å². The van der Waals surface area contributed by atoms with E-state index in [1.54, 1.807) is 24.1 Å². The van der Waals surface area contributed by atoms with Gasteiger partial charge in [0.15, 0.2) is 0 Å². The minimum absolute atomic E-state index is 0.0325. The van der Waals surface area contributed by atoms with Crippen LogP contribution in [0.15, 0.2) is 12.3 Å². The number of nitrogens with one attached hydrogen (secondary N) is 1. The summed E-state index contributed by atoms with van der Waals surface area (Å²) in [4.78, 5) is 13.8. The largest absolute Gasteiger partial charge is 0.382 e. The molecule has 2 heterocycles. The lowest BCUT2D eigenvalue weighted by Crippen LogP contribution is -2.47. The van der Waals surface area contributed by atoms with E-state index in [-0.39, 0.29) is 24.2 Å². The van der Waals surface area contributed by atoms with E-state index in [9.17, 15) is 13.2 Å². The number of piperidine rings is 1. The molecule has 0 atom stereocenters. The summed E-state index contributed by atoms with van der Waals surface area (Å²) >= 11 is 0. The molecule has 1 saturated heterocycles. The Bertz CT molecular complexity index is 590. The van der Waals surface area contributed by atoms with Crippen LogP contribution in [-0.2, 0) is 21.4 Å². The summed E-state index contributed by atoms with van der Waals surface area (Å²) in [6.07, 6.45) is 2.92. The molecule has 0 spiro atoms. The fourth-order valence-electron chi connectivity index (χ4n) is 2.29. The molecule has 118 valence electrons. The van der Waals surface area contributed by atoms with Gasteiger partial charge in [0, 0.05) is 25.3 Å². The highest BCUT2D eigenvalue weighted by Gasteiger charge is 2.25. The quantitative estimate of drug-likeness (QED) is 0.753. The fraction of sp³-hybridized carbons (Fsp3) is 0.667. The van der Waals surface area contributed by atoms with Crippen molar-refractivity contribution >= 4 is 21.7 Å². The molecule has 1 aromatic rings. The summed E-state index contributed by atoms with van der Waals surface area (Å²) in [6, 6.07) is 1.55. The van der Waals surface area contributed by atoms with Gasteiger partial charge < -0.3 is 10.6 Å². The minimum Gasteiger partial charge on any atom is -0.382 e. The number of amides is 1. The standard InChI is InChI=1S/C12H21N5O3S/c1-2-21(19,20)15-10-3-6-16(7-4-10)12(18)9-17-8-5-11(13)14-17/h5,8,10,15H,2-4,6-7,9H2,1H3,(H2,13,14). The molecule has 1 aliphatic heterocycles. The number of nitrogens with zero attached hydrogens (tertiary/aromatic N) is 3. The first-order valence-electron chi connectivity index (χ1n) is 6.96. The Labute approximate surface area is 124 Å². The van der Waals surface area contributed by atoms with Crippen molar-refractivity contribution in [2.45, 2.75) is 32.4 Å². The van der Waals surface area contributed by atoms with Gasteiger partial charge in [0.2, 0.25) is 15.9 Å². The van der Waals surface area contributed by atoms with E-state index in [0.29, 0.717) is 31.7 Å². The molecule has 0 aromatic carbocycles. The van der Waals surface area contributed by atoms with Gasteiger partial charge in [-0.3, -0.25) is 9.48 Å². The van der Waals surface area contributed by atoms with E-state index < -0.39 is 10.0 Å². The van der Waals surface area contributed by atoms with Gasteiger partial charge in [-0.1, -0.05) is 0 Å². The number of rotatable bonds is 5. The zero-order chi connectivity index (χ0) is 15.5. The van der Waals surface area contributed by atoms with Gasteiger partial charge in [0.1, 0.15) is 12.4 Å². The number of hydrogen-bond acceptors (Lipinski definition) is 5. The summed E-state index contributed by atoms with van der Waals surface area (Å²) in [7, 11) is -3.18. The van der Waals surface area contributed by atoms with Crippen molar-refractivity contribution < 1.29 is 13.2 Å². The van der Waals surface area contributed by atoms with Crippen LogP contribution in [0.25, 0.3) is 0 Å². The number of anilines is 1. The molecule has 9 heteroatoms. The maximum atomic E-state index is 12.1. The first-order valence-corrected chi connectivity index (χ1v) is 8.61. The molecular weight excluding hydrogens is 294 g/mol. The maximum Gasteiger partial charge on any atom is 0.244 e. The average Bonchev–Trinajstić information content (AvgIpc) is 2.84. The van der Waals surface area contributed by atoms with Gasteiger partial charge in [-0.2, -0.15) is 5.10 Å². The van der Waals surface area contributed by atoms with E-state index in [4.69, 9.17) is 5.73 Å². The first-order chi connectivity index (χ1) is 9.89. The minimum atomic E-state index is -3.18. The molecule has 0 unspecified atom stereocenters. The van der Waals surface area contributed by atoms with Crippen molar-refractivity contribution in [2.24, 2.45) is 0 Å². The van der Waals surface area contributed by atoms with Crippen molar-refractivity contribution in [2.75, 3.05) is 24.6 Å². The van der Waals surface area contributed by atoms with Gasteiger partial charge in [-0.05, 0) is 25.8 Å². The summed E-state index contributed by atoms with van der Waals surface area (Å²) in [6.45, 7) is 2.86. The Morgan fingerprint density at radius 3 is 2.67 bits per heavy atom. The number of sulfonamides is 1. The first kappa shape index (κ1) is 15.8. The van der Waals surface area contributed by atoms with E-state index in [0.717, 1.165) is 0 Å². The van der Waals surface area contributed by atoms with Crippen LogP contribution in [0, 0.1) is 0 Å². The molecule has 21 heavy (non-hydrogen) atoms. The normalized spacial score (nSPS) is 17.1. The highest BCUT2D eigenvalue weighted by molar-refractivity contribution is 7.89. The van der Waals surface area contributed by atoms with Crippen molar-refractivity contribution in [3.05, 3.63) is 12.3 Å². The van der Waals surface area contributed by atoms with Crippen LogP contribution in [-0.4, -0.2) is 53.9 Å². The molecule has 0 bridgehead atoms. The smallest absolute Gasteiger partial charge is 0.244 e. The van der Waals surface area contributed by atoms with Crippen molar-refractivity contribution in [1.29, 1.82) is 0 Å². The number of nitrogen functional groups attached to an aromatic ring is 1. The van der Waals surface area contributed by atoms with Crippen LogP contribution < -0.4 is 10.5 Å². The molecule has 1 aromatic heterocycles. The monoisotopic (exact) mass is 315 g/mol. The highest BCUT2D eigenvalue weighted by atomic mass is 32.2. The molecule has 0 radical (unpaired) electrons. The van der Waals surface area contributed by atoms with Gasteiger partial charge in [0.05, 0.1) is 5.75 Å². The van der Waals surface area contributed by atoms with E-state index in [2.05, 4.69) is 9.82 Å². The van der Waals surface area contributed by atoms with Crippen LogP contribution in [0.2, 0.25) is 0 Å². The molecule has 0 aliphatic carbocycles. The second kappa shape index (κ2) is 6.44. The van der Waals surface area contributed by atoms with Crippen molar-refractivity contribution in [3.8, 4) is 0 Å². The Morgan fingerprint density at radius 2 is 2.14 bits per heavy atom. The van der Waals surface area contributed by atoms with Crippen molar-refractivity contribution in [1.82, 2.24) is 19.4 Å². The van der Waals surface area contributed by atoms with Crippen LogP contribution in [0.3, 0.4) is 0 Å². The maximum absolute atomic E-state index is 12.1. The van der Waals surface area contributed by atoms with Crippen LogP contribution in [0.1, 0.15) is 19.8 Å². The number of carbonyl (C=O) groups is 1. The summed E-state index contributed by atoms with van der Waals surface area (Å²) < 4.78 is 27.2. The highest BCUT2D eigenvalue weighted by Crippen LogP contribution is 2.12. The second-order valence-corrected chi connectivity index (χ2v) is 7.16. The van der Waals surface area contributed by atoms with Crippen LogP contribution in [0.5, 0.6) is 0 Å². The number of nitrogens with two attached hydrogens (primary N) is 1. The van der Waals surface area contributed by atoms with Crippen molar-refractivity contribution in [3.63, 3.8) is 0 Å². The van der Waals surface area contributed by atoms with Crippen LogP contribution >= 0.6 is 0 Å². The molecule has 1 amide bonds. The predicted octanol–water partition coefficient (Wildman–Crippen LogP) is -0.604. The van der Waals surface area contributed by atoms with Gasteiger partial charge in [-0.25, -0.2) is 13.1 Å². The molecule has 2 rings (SSSR count). The lowest BCUT2D eigenvalue weighted by Gasteiger charge is -2.32. The van der Waals surface area contributed by atoms with E-state index >= 15 is 0 Å². The summed E-state index contributed by atoms with van der Waals surface area (Å²) in [5.74, 6) is 0.428. The third-order valence-corrected chi connectivity index (χ3v) is 4.99. The van der Waals surface area contributed by atoms with Gasteiger partial charge in [-0.15, -0.1) is 0 Å². The van der Waals surface area contributed by atoms with E-state index in [1.165, 1.54) is 4.68 Å². The van der Waals surface area contributed by atoms with Gasteiger partial charge in [0.25, 0.3) is 0 Å². The fourth-order valence-corrected chi connectivity index (χ4v) is 3.20. The molecular formula is C12H21N5O3S. The number of aromatic nitrogens is 2. The molecule has 8 nitrogen and oxygen atoms in total.